The highest BCUT2D eigenvalue weighted by molar-refractivity contribution is 7.24. The molecular formula is C32H30N2O2S2. The molecule has 2 aliphatic rings. The van der Waals surface area contributed by atoms with E-state index in [4.69, 9.17) is 0 Å². The molecule has 2 N–H and O–H groups in total. The first-order valence-electron chi connectivity index (χ1n) is 12.6. The van der Waals surface area contributed by atoms with Crippen molar-refractivity contribution in [1.29, 1.82) is 0 Å². The van der Waals surface area contributed by atoms with Crippen LogP contribution < -0.4 is 9.80 Å². The number of hydrogen-bond acceptors (Lipinski definition) is 6. The maximum atomic E-state index is 11.0. The number of allylic oxidation sites excluding steroid dienone is 3. The van der Waals surface area contributed by atoms with Crippen molar-refractivity contribution < 1.29 is 10.2 Å². The number of aliphatic hydroxyl groups excluding tert-OH is 2. The lowest BCUT2D eigenvalue weighted by atomic mass is 9.81. The van der Waals surface area contributed by atoms with Gasteiger partial charge >= 0.3 is 0 Å². The highest BCUT2D eigenvalue weighted by atomic mass is 32.1. The van der Waals surface area contributed by atoms with Crippen LogP contribution in [-0.2, 0) is 5.41 Å². The summed E-state index contributed by atoms with van der Waals surface area (Å²) in [5.74, 6) is 0.299. The second-order valence-corrected chi connectivity index (χ2v) is 12.7. The van der Waals surface area contributed by atoms with E-state index in [1.54, 1.807) is 22.7 Å². The molecule has 0 saturated heterocycles. The Hall–Kier alpha value is -3.74. The number of para-hydroxylation sites is 1. The van der Waals surface area contributed by atoms with Gasteiger partial charge in [0.2, 0.25) is 0 Å². The summed E-state index contributed by atoms with van der Waals surface area (Å²) in [6.45, 7) is 4.35. The zero-order valence-electron chi connectivity index (χ0n) is 22.1. The van der Waals surface area contributed by atoms with E-state index in [9.17, 15) is 10.2 Å². The fourth-order valence-electron chi connectivity index (χ4n) is 5.35. The molecule has 0 radical (unpaired) electrons. The van der Waals surface area contributed by atoms with Crippen molar-refractivity contribution in [3.05, 3.63) is 112 Å². The number of anilines is 2. The minimum atomic E-state index is -0.228. The van der Waals surface area contributed by atoms with Crippen molar-refractivity contribution in [3.8, 4) is 20.2 Å². The number of aliphatic hydroxyl groups is 2. The Bertz CT molecular complexity index is 1650. The SMILES string of the molecule is CN(C)c1ccc(-c2ccc(-c3ccc(C4=C(O)C(C=C5N(C)c6ccccc6C5(C)C)=C4O)s3)s2)cc1. The van der Waals surface area contributed by atoms with Gasteiger partial charge in [0.05, 0.1) is 11.1 Å². The highest BCUT2D eigenvalue weighted by Gasteiger charge is 2.40. The van der Waals surface area contributed by atoms with Crippen molar-refractivity contribution in [1.82, 2.24) is 0 Å². The maximum absolute atomic E-state index is 11.0. The standard InChI is InChI=1S/C32H30N2O2S2/c1-32(2)22-8-6-7-9-23(22)34(5)28(32)18-21-30(35)29(31(21)36)27-17-16-26(38-27)25-15-14-24(37-25)19-10-12-20(13-11-19)33(3)4/h6-18,35-36H,1-5H3. The third-order valence-electron chi connectivity index (χ3n) is 7.57. The quantitative estimate of drug-likeness (QED) is 0.267. The molecule has 38 heavy (non-hydrogen) atoms. The number of fused-ring (bicyclic) bond motifs is 1. The summed E-state index contributed by atoms with van der Waals surface area (Å²) >= 11 is 3.34. The predicted molar refractivity (Wildman–Crippen MR) is 163 cm³/mol. The van der Waals surface area contributed by atoms with E-state index in [2.05, 4.69) is 84.3 Å². The van der Waals surface area contributed by atoms with Crippen molar-refractivity contribution >= 4 is 39.6 Å². The summed E-state index contributed by atoms with van der Waals surface area (Å²) in [5.41, 5.74) is 6.61. The normalized spacial score (nSPS) is 17.3. The molecule has 2 aromatic carbocycles. The summed E-state index contributed by atoms with van der Waals surface area (Å²) in [7, 11) is 6.12. The minimum Gasteiger partial charge on any atom is -0.506 e. The molecule has 0 saturated carbocycles. The van der Waals surface area contributed by atoms with Crippen LogP contribution >= 0.6 is 22.7 Å². The van der Waals surface area contributed by atoms with Crippen LogP contribution in [0.25, 0.3) is 25.8 Å². The Morgan fingerprint density at radius 1 is 0.763 bits per heavy atom. The summed E-state index contributed by atoms with van der Waals surface area (Å²) in [4.78, 5) is 8.61. The van der Waals surface area contributed by atoms with E-state index in [-0.39, 0.29) is 16.9 Å². The first-order chi connectivity index (χ1) is 18.2. The second-order valence-electron chi connectivity index (χ2n) is 10.5. The lowest BCUT2D eigenvalue weighted by Crippen LogP contribution is -2.24. The van der Waals surface area contributed by atoms with Crippen LogP contribution in [0.2, 0.25) is 0 Å². The molecule has 6 heteroatoms. The third-order valence-corrected chi connectivity index (χ3v) is 10.0. The summed E-state index contributed by atoms with van der Waals surface area (Å²) < 4.78 is 0. The fourth-order valence-corrected chi connectivity index (χ4v) is 7.51. The molecule has 4 nitrogen and oxygen atoms in total. The van der Waals surface area contributed by atoms with Gasteiger partial charge in [-0.05, 0) is 59.7 Å². The van der Waals surface area contributed by atoms with E-state index >= 15 is 0 Å². The number of nitrogens with zero attached hydrogens (tertiary/aromatic N) is 2. The second kappa shape index (κ2) is 8.93. The number of thiophene rings is 2. The number of benzene rings is 2. The first kappa shape index (κ1) is 24.6. The maximum Gasteiger partial charge on any atom is 0.139 e. The van der Waals surface area contributed by atoms with E-state index in [0.29, 0.717) is 11.1 Å². The van der Waals surface area contributed by atoms with E-state index in [1.807, 2.05) is 39.4 Å². The van der Waals surface area contributed by atoms with Gasteiger partial charge in [-0.1, -0.05) is 44.2 Å². The molecule has 6 rings (SSSR count). The monoisotopic (exact) mass is 538 g/mol. The molecule has 1 aliphatic carbocycles. The number of rotatable bonds is 5. The molecule has 0 atom stereocenters. The Kier molecular flexibility index (Phi) is 5.78. The van der Waals surface area contributed by atoms with Crippen molar-refractivity contribution in [2.45, 2.75) is 19.3 Å². The van der Waals surface area contributed by atoms with E-state index < -0.39 is 0 Å². The lowest BCUT2D eigenvalue weighted by Gasteiger charge is -2.27. The van der Waals surface area contributed by atoms with Crippen LogP contribution in [0.5, 0.6) is 0 Å². The molecule has 3 heterocycles. The van der Waals surface area contributed by atoms with Crippen molar-refractivity contribution in [2.75, 3.05) is 30.9 Å². The molecule has 1 aliphatic heterocycles. The Balaban J connectivity index is 1.25. The van der Waals surface area contributed by atoms with Gasteiger partial charge in [-0.25, -0.2) is 0 Å². The smallest absolute Gasteiger partial charge is 0.139 e. The van der Waals surface area contributed by atoms with Gasteiger partial charge in [0.1, 0.15) is 11.5 Å². The van der Waals surface area contributed by atoms with Gasteiger partial charge in [0.25, 0.3) is 0 Å². The summed E-state index contributed by atoms with van der Waals surface area (Å²) in [6, 6.07) is 25.3. The predicted octanol–water partition coefficient (Wildman–Crippen LogP) is 8.62. The van der Waals surface area contributed by atoms with Crippen LogP contribution in [0.3, 0.4) is 0 Å². The molecule has 0 amide bonds. The summed E-state index contributed by atoms with van der Waals surface area (Å²) in [5, 5.41) is 22.0. The van der Waals surface area contributed by atoms with Gasteiger partial charge in [-0.2, -0.15) is 0 Å². The molecule has 0 bridgehead atoms. The minimum absolute atomic E-state index is 0.149. The molecule has 0 unspecified atom stereocenters. The largest absolute Gasteiger partial charge is 0.506 e. The zero-order chi connectivity index (χ0) is 26.8. The fraction of sp³-hybridized carbons (Fsp3) is 0.188. The molecule has 2 aromatic heterocycles. The Morgan fingerprint density at radius 3 is 2.00 bits per heavy atom. The molecule has 0 spiro atoms. The van der Waals surface area contributed by atoms with E-state index in [1.165, 1.54) is 26.6 Å². The Labute approximate surface area is 231 Å². The van der Waals surface area contributed by atoms with Gasteiger partial charge in [-0.15, -0.1) is 22.7 Å². The average molecular weight is 539 g/mol. The first-order valence-corrected chi connectivity index (χ1v) is 14.2. The molecule has 192 valence electrons. The van der Waals surface area contributed by atoms with Crippen LogP contribution in [0.4, 0.5) is 11.4 Å². The van der Waals surface area contributed by atoms with Gasteiger partial charge in [0, 0.05) is 63.1 Å². The van der Waals surface area contributed by atoms with E-state index in [0.717, 1.165) is 21.1 Å². The van der Waals surface area contributed by atoms with Crippen LogP contribution in [0.15, 0.2) is 102 Å². The van der Waals surface area contributed by atoms with Gasteiger partial charge in [-0.3, -0.25) is 0 Å². The molecule has 4 aromatic rings. The number of hydrogen-bond donors (Lipinski definition) is 2. The van der Waals surface area contributed by atoms with Crippen molar-refractivity contribution in [3.63, 3.8) is 0 Å². The van der Waals surface area contributed by atoms with Crippen LogP contribution in [0.1, 0.15) is 24.3 Å². The number of likely N-dealkylation sites (N-methyl/N-ethyl adjacent to an activating group) is 1. The average Bonchev–Trinajstić information content (AvgIpc) is 3.62. The van der Waals surface area contributed by atoms with Crippen molar-refractivity contribution in [2.24, 2.45) is 0 Å². The van der Waals surface area contributed by atoms with Crippen LogP contribution in [-0.4, -0.2) is 31.4 Å². The topological polar surface area (TPSA) is 46.9 Å². The third kappa shape index (κ3) is 3.79. The Morgan fingerprint density at radius 2 is 1.37 bits per heavy atom. The lowest BCUT2D eigenvalue weighted by molar-refractivity contribution is 0.372. The highest BCUT2D eigenvalue weighted by Crippen LogP contribution is 2.50. The van der Waals surface area contributed by atoms with Gasteiger partial charge < -0.3 is 20.0 Å². The molecule has 0 fully saturated rings. The van der Waals surface area contributed by atoms with Gasteiger partial charge in [0.15, 0.2) is 0 Å². The van der Waals surface area contributed by atoms with Crippen LogP contribution in [0, 0.1) is 0 Å². The zero-order valence-corrected chi connectivity index (χ0v) is 23.7. The summed E-state index contributed by atoms with van der Waals surface area (Å²) in [6.07, 6.45) is 1.93. The molecular weight excluding hydrogens is 508 g/mol.